The van der Waals surface area contributed by atoms with Crippen LogP contribution in [0.1, 0.15) is 89.5 Å². The van der Waals surface area contributed by atoms with Crippen molar-refractivity contribution >= 4 is 0 Å². The SMILES string of the molecule is C[C@]12CCC(OCCCO)CC1CC[C@@H]1[C@H]2CC[C@]2(C)C(c3ccoc3)CC[C@@]12O. The van der Waals surface area contributed by atoms with Gasteiger partial charge in [-0.15, -0.1) is 0 Å². The van der Waals surface area contributed by atoms with Gasteiger partial charge in [0.25, 0.3) is 0 Å². The Labute approximate surface area is 181 Å². The van der Waals surface area contributed by atoms with E-state index in [2.05, 4.69) is 19.9 Å². The maximum absolute atomic E-state index is 12.3. The number of rotatable bonds is 5. The highest BCUT2D eigenvalue weighted by Gasteiger charge is 2.67. The van der Waals surface area contributed by atoms with Crippen LogP contribution in [0.2, 0.25) is 0 Å². The average Bonchev–Trinajstić information content (AvgIpc) is 3.34. The van der Waals surface area contributed by atoms with Crippen LogP contribution < -0.4 is 0 Å². The molecule has 0 aliphatic heterocycles. The summed E-state index contributed by atoms with van der Waals surface area (Å²) in [4.78, 5) is 0. The van der Waals surface area contributed by atoms with Crippen LogP contribution in [0.25, 0.3) is 0 Å². The van der Waals surface area contributed by atoms with E-state index in [1.807, 2.05) is 6.26 Å². The van der Waals surface area contributed by atoms with Crippen molar-refractivity contribution in [3.63, 3.8) is 0 Å². The molecule has 168 valence electrons. The van der Waals surface area contributed by atoms with Crippen molar-refractivity contribution in [3.8, 4) is 0 Å². The average molecular weight is 417 g/mol. The van der Waals surface area contributed by atoms with Crippen molar-refractivity contribution in [2.75, 3.05) is 13.2 Å². The summed E-state index contributed by atoms with van der Waals surface area (Å²) in [7, 11) is 0. The Kier molecular flexibility index (Phi) is 5.35. The van der Waals surface area contributed by atoms with Crippen LogP contribution in [0, 0.1) is 28.6 Å². The van der Waals surface area contributed by atoms with Gasteiger partial charge in [-0.25, -0.2) is 0 Å². The Morgan fingerprint density at radius 3 is 2.70 bits per heavy atom. The first-order valence-electron chi connectivity index (χ1n) is 12.4. The minimum absolute atomic E-state index is 0.0359. The molecule has 0 aromatic carbocycles. The maximum atomic E-state index is 12.3. The summed E-state index contributed by atoms with van der Waals surface area (Å²) >= 11 is 0. The van der Waals surface area contributed by atoms with Gasteiger partial charge in [-0.1, -0.05) is 13.8 Å². The van der Waals surface area contributed by atoms with Crippen molar-refractivity contribution in [2.24, 2.45) is 28.6 Å². The highest BCUT2D eigenvalue weighted by molar-refractivity contribution is 5.26. The van der Waals surface area contributed by atoms with E-state index >= 15 is 0 Å². The van der Waals surface area contributed by atoms with Crippen molar-refractivity contribution in [3.05, 3.63) is 24.2 Å². The molecule has 1 heterocycles. The van der Waals surface area contributed by atoms with Gasteiger partial charge in [-0.3, -0.25) is 0 Å². The van der Waals surface area contributed by atoms with Crippen molar-refractivity contribution in [1.82, 2.24) is 0 Å². The van der Waals surface area contributed by atoms with Gasteiger partial charge in [0.1, 0.15) is 0 Å². The van der Waals surface area contributed by atoms with Gasteiger partial charge in [0, 0.05) is 18.6 Å². The van der Waals surface area contributed by atoms with Crippen molar-refractivity contribution in [2.45, 2.75) is 95.7 Å². The minimum atomic E-state index is -0.541. The molecule has 4 fully saturated rings. The molecule has 4 aliphatic rings. The molecule has 5 rings (SSSR count). The van der Waals surface area contributed by atoms with Crippen LogP contribution in [0.5, 0.6) is 0 Å². The third-order valence-corrected chi connectivity index (χ3v) is 10.4. The summed E-state index contributed by atoms with van der Waals surface area (Å²) in [5, 5.41) is 21.3. The highest BCUT2D eigenvalue weighted by Crippen LogP contribution is 2.70. The third-order valence-electron chi connectivity index (χ3n) is 10.4. The summed E-state index contributed by atoms with van der Waals surface area (Å²) in [6, 6.07) is 2.12. The molecule has 8 atom stereocenters. The van der Waals surface area contributed by atoms with Crippen LogP contribution in [-0.2, 0) is 4.74 Å². The van der Waals surface area contributed by atoms with Crippen LogP contribution in [0.15, 0.2) is 23.0 Å². The van der Waals surface area contributed by atoms with Gasteiger partial charge < -0.3 is 19.4 Å². The van der Waals surface area contributed by atoms with Gasteiger partial charge in [-0.2, -0.15) is 0 Å². The summed E-state index contributed by atoms with van der Waals surface area (Å²) in [6.45, 7) is 5.81. The van der Waals surface area contributed by atoms with E-state index in [9.17, 15) is 5.11 Å². The molecule has 2 N–H and O–H groups in total. The van der Waals surface area contributed by atoms with E-state index in [-0.39, 0.29) is 12.0 Å². The van der Waals surface area contributed by atoms with E-state index in [1.54, 1.807) is 6.26 Å². The van der Waals surface area contributed by atoms with E-state index < -0.39 is 5.60 Å². The van der Waals surface area contributed by atoms with E-state index in [0.717, 1.165) is 32.1 Å². The topological polar surface area (TPSA) is 62.8 Å². The largest absolute Gasteiger partial charge is 0.472 e. The predicted octanol–water partition coefficient (Wildman–Crippen LogP) is 5.29. The van der Waals surface area contributed by atoms with E-state index in [4.69, 9.17) is 14.3 Å². The molecular formula is C26H40O4. The number of aliphatic hydroxyl groups is 2. The fourth-order valence-electron chi connectivity index (χ4n) is 8.66. The number of aliphatic hydroxyl groups excluding tert-OH is 1. The number of hydrogen-bond donors (Lipinski definition) is 2. The van der Waals surface area contributed by atoms with Gasteiger partial charge in [0.15, 0.2) is 0 Å². The highest BCUT2D eigenvalue weighted by atomic mass is 16.5. The normalized spacial score (nSPS) is 48.1. The Morgan fingerprint density at radius 2 is 1.93 bits per heavy atom. The van der Waals surface area contributed by atoms with Crippen LogP contribution in [0.4, 0.5) is 0 Å². The maximum Gasteiger partial charge on any atom is 0.0937 e. The summed E-state index contributed by atoms with van der Waals surface area (Å²) < 4.78 is 11.5. The van der Waals surface area contributed by atoms with Crippen molar-refractivity contribution < 1.29 is 19.4 Å². The molecule has 1 aromatic rings. The van der Waals surface area contributed by atoms with Gasteiger partial charge in [0.05, 0.1) is 24.2 Å². The molecule has 0 bridgehead atoms. The minimum Gasteiger partial charge on any atom is -0.472 e. The fourth-order valence-corrected chi connectivity index (χ4v) is 8.66. The lowest BCUT2D eigenvalue weighted by atomic mass is 9.43. The Morgan fingerprint density at radius 1 is 1.07 bits per heavy atom. The van der Waals surface area contributed by atoms with Crippen molar-refractivity contribution in [1.29, 1.82) is 0 Å². The van der Waals surface area contributed by atoms with Gasteiger partial charge in [0.2, 0.25) is 0 Å². The molecule has 4 saturated carbocycles. The summed E-state index contributed by atoms with van der Waals surface area (Å²) in [5.41, 5.74) is 1.05. The molecule has 4 aliphatic carbocycles. The van der Waals surface area contributed by atoms with Crippen LogP contribution >= 0.6 is 0 Å². The zero-order valence-corrected chi connectivity index (χ0v) is 18.8. The number of fused-ring (bicyclic) bond motifs is 5. The lowest BCUT2D eigenvalue weighted by Crippen LogP contribution is -2.62. The molecule has 4 nitrogen and oxygen atoms in total. The molecule has 0 spiro atoms. The van der Waals surface area contributed by atoms with Gasteiger partial charge in [-0.05, 0) is 105 Å². The molecule has 30 heavy (non-hydrogen) atoms. The molecule has 0 radical (unpaired) electrons. The molecule has 1 aromatic heterocycles. The van der Waals surface area contributed by atoms with Crippen LogP contribution in [0.3, 0.4) is 0 Å². The second-order valence-corrected chi connectivity index (χ2v) is 11.4. The lowest BCUT2D eigenvalue weighted by Gasteiger charge is -2.63. The molecule has 4 heteroatoms. The summed E-state index contributed by atoms with van der Waals surface area (Å²) in [5.74, 6) is 2.20. The first-order valence-corrected chi connectivity index (χ1v) is 12.4. The third kappa shape index (κ3) is 2.97. The molecule has 0 saturated heterocycles. The summed E-state index contributed by atoms with van der Waals surface area (Å²) in [6.07, 6.45) is 15.1. The van der Waals surface area contributed by atoms with E-state index in [1.165, 1.54) is 37.7 Å². The lowest BCUT2D eigenvalue weighted by molar-refractivity contribution is -0.207. The quantitative estimate of drug-likeness (QED) is 0.640. The van der Waals surface area contributed by atoms with Gasteiger partial charge >= 0.3 is 0 Å². The second kappa shape index (κ2) is 7.64. The zero-order valence-electron chi connectivity index (χ0n) is 18.8. The van der Waals surface area contributed by atoms with Crippen LogP contribution in [-0.4, -0.2) is 35.1 Å². The number of furan rings is 1. The zero-order chi connectivity index (χ0) is 21.0. The monoisotopic (exact) mass is 416 g/mol. The number of ether oxygens (including phenoxy) is 1. The molecule has 0 amide bonds. The second-order valence-electron chi connectivity index (χ2n) is 11.4. The predicted molar refractivity (Wildman–Crippen MR) is 116 cm³/mol. The first kappa shape index (κ1) is 21.0. The first-order chi connectivity index (χ1) is 14.4. The fraction of sp³-hybridized carbons (Fsp3) is 0.846. The standard InChI is InChI=1S/C26H40O4/c1-24-10-6-20(30-14-3-13-27)16-19(24)4-5-23-22(24)7-11-25(2)21(8-12-26(23,25)28)18-9-15-29-17-18/h9,15,17,19-23,27-28H,3-8,10-14,16H2,1-2H3/t19?,20?,21?,22-,23-,24+,25-,26-/m1/s1. The smallest absolute Gasteiger partial charge is 0.0937 e. The Bertz CT molecular complexity index is 731. The van der Waals surface area contributed by atoms with E-state index in [0.29, 0.717) is 41.8 Å². The Balaban J connectivity index is 1.35. The molecule has 3 unspecified atom stereocenters. The number of hydrogen-bond acceptors (Lipinski definition) is 4. The Hall–Kier alpha value is -0.840. The molecular weight excluding hydrogens is 376 g/mol.